The van der Waals surface area contributed by atoms with Crippen LogP contribution in [-0.2, 0) is 14.8 Å². The minimum absolute atomic E-state index is 0.0337. The molecule has 2 aromatic rings. The maximum Gasteiger partial charge on any atom is 0.325 e. The fourth-order valence-corrected chi connectivity index (χ4v) is 5.44. The van der Waals surface area contributed by atoms with E-state index in [1.165, 1.54) is 18.3 Å². The van der Waals surface area contributed by atoms with Crippen LogP contribution in [0.15, 0.2) is 19.9 Å². The minimum atomic E-state index is -4.15. The lowest BCUT2D eigenvalue weighted by atomic mass is 9.99. The fourth-order valence-electron chi connectivity index (χ4n) is 3.02. The number of nitrogens with one attached hydrogen (secondary N) is 3. The molecule has 3 rings (SSSR count). The molecule has 0 unspecified atom stereocenters. The van der Waals surface area contributed by atoms with Crippen molar-refractivity contribution in [3.63, 3.8) is 0 Å². The van der Waals surface area contributed by atoms with Gasteiger partial charge in [0.2, 0.25) is 15.9 Å². The zero-order valence-corrected chi connectivity index (χ0v) is 16.4. The Morgan fingerprint density at radius 3 is 2.70 bits per heavy atom. The molecule has 1 aliphatic rings. The Balaban J connectivity index is 1.82. The number of sulfonamides is 1. The van der Waals surface area contributed by atoms with Gasteiger partial charge < -0.3 is 10.3 Å². The van der Waals surface area contributed by atoms with Gasteiger partial charge in [-0.3, -0.25) is 14.6 Å². The molecule has 0 bridgehead atoms. The number of hydrogen-bond donors (Lipinski definition) is 3. The van der Waals surface area contributed by atoms with Crippen LogP contribution in [0.4, 0.5) is 5.13 Å². The topological polar surface area (TPSA) is 145 Å². The highest BCUT2D eigenvalue weighted by molar-refractivity contribution is 7.89. The summed E-state index contributed by atoms with van der Waals surface area (Å²) in [4.78, 5) is 43.7. The molecule has 1 amide bonds. The molecule has 12 heteroatoms. The van der Waals surface area contributed by atoms with E-state index in [2.05, 4.69) is 15.3 Å². The lowest BCUT2D eigenvalue weighted by molar-refractivity contribution is -0.120. The van der Waals surface area contributed by atoms with E-state index < -0.39 is 32.1 Å². The van der Waals surface area contributed by atoms with Crippen molar-refractivity contribution in [2.75, 3.05) is 18.4 Å². The lowest BCUT2D eigenvalue weighted by Crippen LogP contribution is -2.45. The average molecular weight is 413 g/mol. The van der Waals surface area contributed by atoms with Crippen LogP contribution in [0.5, 0.6) is 0 Å². The van der Waals surface area contributed by atoms with Crippen LogP contribution in [0.1, 0.15) is 24.2 Å². The zero-order chi connectivity index (χ0) is 19.8. The first-order valence-corrected chi connectivity index (χ1v) is 10.6. The smallest absolute Gasteiger partial charge is 0.310 e. The molecule has 0 aromatic carbocycles. The van der Waals surface area contributed by atoms with E-state index in [-0.39, 0.29) is 24.7 Å². The first kappa shape index (κ1) is 19.5. The molecule has 2 aromatic heterocycles. The lowest BCUT2D eigenvalue weighted by Gasteiger charge is -2.31. The van der Waals surface area contributed by atoms with Gasteiger partial charge in [-0.15, -0.1) is 11.3 Å². The summed E-state index contributed by atoms with van der Waals surface area (Å²) in [7, 11) is -4.15. The Morgan fingerprint density at radius 2 is 2.07 bits per heavy atom. The molecular weight excluding hydrogens is 394 g/mol. The van der Waals surface area contributed by atoms with Gasteiger partial charge in [0.15, 0.2) is 10.0 Å². The highest BCUT2D eigenvalue weighted by Gasteiger charge is 2.36. The molecule has 0 radical (unpaired) electrons. The number of nitrogens with zero attached hydrogens (tertiary/aromatic N) is 2. The standard InChI is InChI=1S/C15H19N5O5S2/c1-8-7-26-15(16-8)19-12(21)10-4-3-5-20(6-10)27(24,25)11-9(2)17-14(23)18-13(11)22/h7,10H,3-6H2,1-2H3,(H,16,19,21)(H2,17,18,22,23)/t10-/m0/s1. The zero-order valence-electron chi connectivity index (χ0n) is 14.7. The number of amides is 1. The van der Waals surface area contributed by atoms with Crippen LogP contribution in [-0.4, -0.2) is 46.7 Å². The second kappa shape index (κ2) is 7.37. The molecule has 1 fully saturated rings. The molecule has 1 saturated heterocycles. The number of aromatic amines is 2. The maximum absolute atomic E-state index is 12.9. The number of anilines is 1. The SMILES string of the molecule is Cc1csc(NC(=O)[C@H]2CCCN(S(=O)(=O)c3c(C)[nH]c(=O)[nH]c3=O)C2)n1. The molecule has 3 N–H and O–H groups in total. The minimum Gasteiger partial charge on any atom is -0.310 e. The van der Waals surface area contributed by atoms with Crippen molar-refractivity contribution in [1.29, 1.82) is 0 Å². The molecule has 1 atom stereocenters. The second-order valence-electron chi connectivity index (χ2n) is 6.35. The number of hydrogen-bond acceptors (Lipinski definition) is 7. The summed E-state index contributed by atoms with van der Waals surface area (Å²) in [6.07, 6.45) is 1.01. The van der Waals surface area contributed by atoms with Gasteiger partial charge in [-0.1, -0.05) is 0 Å². The Labute approximate surface area is 158 Å². The Hall–Kier alpha value is -2.31. The van der Waals surface area contributed by atoms with Crippen LogP contribution < -0.4 is 16.6 Å². The first-order valence-electron chi connectivity index (χ1n) is 8.25. The summed E-state index contributed by atoms with van der Waals surface area (Å²) in [5.74, 6) is -0.865. The van der Waals surface area contributed by atoms with Gasteiger partial charge >= 0.3 is 5.69 Å². The Bertz CT molecular complexity index is 1080. The first-order chi connectivity index (χ1) is 12.7. The fraction of sp³-hybridized carbons (Fsp3) is 0.467. The molecular formula is C15H19N5O5S2. The summed E-state index contributed by atoms with van der Waals surface area (Å²) in [5.41, 5.74) is -0.989. The normalized spacial score (nSPS) is 18.4. The Morgan fingerprint density at radius 1 is 1.33 bits per heavy atom. The number of rotatable bonds is 4. The number of aryl methyl sites for hydroxylation is 2. The van der Waals surface area contributed by atoms with Crippen molar-refractivity contribution in [1.82, 2.24) is 19.3 Å². The molecule has 0 aliphatic carbocycles. The van der Waals surface area contributed by atoms with Gasteiger partial charge in [0, 0.05) is 24.2 Å². The number of aromatic nitrogens is 3. The van der Waals surface area contributed by atoms with Gasteiger partial charge in [-0.2, -0.15) is 4.31 Å². The van der Waals surface area contributed by atoms with E-state index in [1.807, 2.05) is 11.9 Å². The summed E-state index contributed by atoms with van der Waals surface area (Å²) in [5, 5.41) is 4.97. The largest absolute Gasteiger partial charge is 0.325 e. The van der Waals surface area contributed by atoms with Crippen molar-refractivity contribution in [3.8, 4) is 0 Å². The number of carbonyl (C=O) groups is 1. The third-order valence-corrected chi connectivity index (χ3v) is 7.17. The van der Waals surface area contributed by atoms with Gasteiger partial charge in [0.25, 0.3) is 5.56 Å². The Kier molecular flexibility index (Phi) is 5.31. The van der Waals surface area contributed by atoms with E-state index in [1.54, 1.807) is 5.38 Å². The molecule has 27 heavy (non-hydrogen) atoms. The third-order valence-electron chi connectivity index (χ3n) is 4.28. The molecule has 3 heterocycles. The van der Waals surface area contributed by atoms with E-state index >= 15 is 0 Å². The quantitative estimate of drug-likeness (QED) is 0.652. The predicted octanol–water partition coefficient (Wildman–Crippen LogP) is 0.176. The van der Waals surface area contributed by atoms with E-state index in [9.17, 15) is 22.8 Å². The van der Waals surface area contributed by atoms with Crippen molar-refractivity contribution >= 4 is 32.4 Å². The van der Waals surface area contributed by atoms with Crippen molar-refractivity contribution < 1.29 is 13.2 Å². The van der Waals surface area contributed by atoms with Crippen molar-refractivity contribution in [2.24, 2.45) is 5.92 Å². The van der Waals surface area contributed by atoms with Crippen molar-refractivity contribution in [3.05, 3.63) is 37.6 Å². The van der Waals surface area contributed by atoms with Crippen molar-refractivity contribution in [2.45, 2.75) is 31.6 Å². The molecule has 0 saturated carbocycles. The average Bonchev–Trinajstić information content (AvgIpc) is 2.98. The van der Waals surface area contributed by atoms with Gasteiger partial charge in [0.1, 0.15) is 0 Å². The highest BCUT2D eigenvalue weighted by Crippen LogP contribution is 2.25. The summed E-state index contributed by atoms with van der Waals surface area (Å²) < 4.78 is 26.9. The number of carbonyl (C=O) groups excluding carboxylic acids is 1. The van der Waals surface area contributed by atoms with Crippen LogP contribution in [0.3, 0.4) is 0 Å². The maximum atomic E-state index is 12.9. The molecule has 146 valence electrons. The third kappa shape index (κ3) is 4.01. The molecule has 0 spiro atoms. The van der Waals surface area contributed by atoms with Crippen LogP contribution in [0.2, 0.25) is 0 Å². The molecule has 10 nitrogen and oxygen atoms in total. The van der Waals surface area contributed by atoms with Crippen LogP contribution in [0.25, 0.3) is 0 Å². The summed E-state index contributed by atoms with van der Waals surface area (Å²) in [6.45, 7) is 3.31. The van der Waals surface area contributed by atoms with Crippen LogP contribution in [0, 0.1) is 19.8 Å². The molecule has 1 aliphatic heterocycles. The van der Waals surface area contributed by atoms with E-state index in [0.717, 1.165) is 10.00 Å². The van der Waals surface area contributed by atoms with Gasteiger partial charge in [-0.05, 0) is 26.7 Å². The van der Waals surface area contributed by atoms with E-state index in [4.69, 9.17) is 0 Å². The summed E-state index contributed by atoms with van der Waals surface area (Å²) in [6, 6.07) is 0. The summed E-state index contributed by atoms with van der Waals surface area (Å²) >= 11 is 1.30. The van der Waals surface area contributed by atoms with Gasteiger partial charge in [-0.25, -0.2) is 18.2 Å². The number of thiazole rings is 1. The van der Waals surface area contributed by atoms with Crippen LogP contribution >= 0.6 is 11.3 Å². The monoisotopic (exact) mass is 413 g/mol. The number of piperidine rings is 1. The predicted molar refractivity (Wildman–Crippen MR) is 99.4 cm³/mol. The van der Waals surface area contributed by atoms with Gasteiger partial charge in [0.05, 0.1) is 11.6 Å². The number of H-pyrrole nitrogens is 2. The van der Waals surface area contributed by atoms with E-state index in [0.29, 0.717) is 18.0 Å². The highest BCUT2D eigenvalue weighted by atomic mass is 32.2. The second-order valence-corrected chi connectivity index (χ2v) is 9.08.